The highest BCUT2D eigenvalue weighted by Gasteiger charge is 2.15. The van der Waals surface area contributed by atoms with E-state index in [1.807, 2.05) is 6.08 Å². The zero-order valence-corrected chi connectivity index (χ0v) is 9.50. The molecule has 1 fully saturated rings. The quantitative estimate of drug-likeness (QED) is 0.575. The molecule has 1 saturated carbocycles. The van der Waals surface area contributed by atoms with Crippen molar-refractivity contribution in [2.24, 2.45) is 11.8 Å². The van der Waals surface area contributed by atoms with E-state index in [1.165, 1.54) is 31.3 Å². The molecule has 0 nitrogen and oxygen atoms in total. The topological polar surface area (TPSA) is 0 Å². The third-order valence-corrected chi connectivity index (χ3v) is 3.12. The molecule has 0 N–H and O–H groups in total. The first-order valence-corrected chi connectivity index (χ1v) is 5.70. The molecule has 0 radical (unpaired) electrons. The lowest BCUT2D eigenvalue weighted by Crippen LogP contribution is -2.09. The first-order chi connectivity index (χ1) is 6.72. The van der Waals surface area contributed by atoms with Crippen molar-refractivity contribution in [2.75, 3.05) is 0 Å². The third kappa shape index (κ3) is 3.95. The van der Waals surface area contributed by atoms with Gasteiger partial charge in [-0.25, -0.2) is 0 Å². The minimum absolute atomic E-state index is 0.820. The Morgan fingerprint density at radius 2 is 1.86 bits per heavy atom. The van der Waals surface area contributed by atoms with Crippen molar-refractivity contribution in [2.45, 2.75) is 39.5 Å². The van der Waals surface area contributed by atoms with Crippen LogP contribution in [0.15, 0.2) is 36.5 Å². The summed E-state index contributed by atoms with van der Waals surface area (Å²) in [7, 11) is 0. The largest absolute Gasteiger partial charge is 0.0988 e. The molecule has 0 spiro atoms. The van der Waals surface area contributed by atoms with Crippen molar-refractivity contribution < 1.29 is 0 Å². The fourth-order valence-electron chi connectivity index (χ4n) is 1.91. The highest BCUT2D eigenvalue weighted by atomic mass is 14.2. The minimum Gasteiger partial charge on any atom is -0.0988 e. The van der Waals surface area contributed by atoms with Gasteiger partial charge in [0.25, 0.3) is 0 Å². The molecule has 0 aromatic heterocycles. The standard InChI is InChI=1S/C14H22/c1-4-12(2)6-5-7-14-10-8-13(3)9-11-14/h4-7,13-14H,1,8-11H2,2-3H3/b7-5+,12-6-. The fourth-order valence-corrected chi connectivity index (χ4v) is 1.91. The van der Waals surface area contributed by atoms with Gasteiger partial charge in [0.2, 0.25) is 0 Å². The Balaban J connectivity index is 2.34. The van der Waals surface area contributed by atoms with Crippen LogP contribution in [0.2, 0.25) is 0 Å². The van der Waals surface area contributed by atoms with Gasteiger partial charge in [-0.05, 0) is 31.6 Å². The van der Waals surface area contributed by atoms with Crippen molar-refractivity contribution in [3.05, 3.63) is 36.5 Å². The van der Waals surface area contributed by atoms with Crippen molar-refractivity contribution in [1.29, 1.82) is 0 Å². The van der Waals surface area contributed by atoms with Crippen LogP contribution in [0.4, 0.5) is 0 Å². The molecule has 78 valence electrons. The summed E-state index contributed by atoms with van der Waals surface area (Å²) in [6, 6.07) is 0. The number of rotatable bonds is 3. The van der Waals surface area contributed by atoms with Crippen LogP contribution in [-0.2, 0) is 0 Å². The van der Waals surface area contributed by atoms with Gasteiger partial charge in [-0.1, -0.05) is 56.2 Å². The summed E-state index contributed by atoms with van der Waals surface area (Å²) in [5.74, 6) is 1.77. The Morgan fingerprint density at radius 3 is 2.43 bits per heavy atom. The summed E-state index contributed by atoms with van der Waals surface area (Å²) in [6.07, 6.45) is 14.1. The molecule has 0 heterocycles. The molecule has 0 amide bonds. The van der Waals surface area contributed by atoms with Crippen LogP contribution in [-0.4, -0.2) is 0 Å². The second-order valence-corrected chi connectivity index (χ2v) is 4.52. The first kappa shape index (κ1) is 11.3. The fraction of sp³-hybridized carbons (Fsp3) is 0.571. The van der Waals surface area contributed by atoms with Gasteiger partial charge in [0, 0.05) is 0 Å². The van der Waals surface area contributed by atoms with Crippen LogP contribution in [0.25, 0.3) is 0 Å². The number of hydrogen-bond acceptors (Lipinski definition) is 0. The van der Waals surface area contributed by atoms with E-state index in [0.717, 1.165) is 11.8 Å². The van der Waals surface area contributed by atoms with E-state index in [0.29, 0.717) is 0 Å². The molecule has 14 heavy (non-hydrogen) atoms. The molecule has 0 atom stereocenters. The van der Waals surface area contributed by atoms with E-state index in [9.17, 15) is 0 Å². The lowest BCUT2D eigenvalue weighted by molar-refractivity contribution is 0.330. The molecule has 0 saturated heterocycles. The summed E-state index contributed by atoms with van der Waals surface area (Å²) in [4.78, 5) is 0. The normalized spacial score (nSPS) is 29.4. The predicted octanol–water partition coefficient (Wildman–Crippen LogP) is 4.50. The maximum atomic E-state index is 3.73. The lowest BCUT2D eigenvalue weighted by Gasteiger charge is -2.23. The van der Waals surface area contributed by atoms with Crippen LogP contribution in [0, 0.1) is 11.8 Å². The summed E-state index contributed by atoms with van der Waals surface area (Å²) in [5.41, 5.74) is 1.24. The second kappa shape index (κ2) is 5.85. The van der Waals surface area contributed by atoms with Gasteiger partial charge < -0.3 is 0 Å². The molecule has 0 bridgehead atoms. The Bertz CT molecular complexity index is 224. The van der Waals surface area contributed by atoms with Gasteiger partial charge in [0.15, 0.2) is 0 Å². The van der Waals surface area contributed by atoms with Gasteiger partial charge in [-0.3, -0.25) is 0 Å². The molecular weight excluding hydrogens is 168 g/mol. The van der Waals surface area contributed by atoms with E-state index in [2.05, 4.69) is 38.7 Å². The molecular formula is C14H22. The Hall–Kier alpha value is -0.780. The summed E-state index contributed by atoms with van der Waals surface area (Å²) in [5, 5.41) is 0. The summed E-state index contributed by atoms with van der Waals surface area (Å²) >= 11 is 0. The SMILES string of the molecule is C=C/C(C)=C\C=C\C1CCC(C)CC1. The van der Waals surface area contributed by atoms with Gasteiger partial charge in [0.05, 0.1) is 0 Å². The average molecular weight is 190 g/mol. The zero-order chi connectivity index (χ0) is 10.4. The van der Waals surface area contributed by atoms with E-state index in [-0.39, 0.29) is 0 Å². The predicted molar refractivity (Wildman–Crippen MR) is 64.2 cm³/mol. The molecule has 1 rings (SSSR count). The van der Waals surface area contributed by atoms with Crippen LogP contribution < -0.4 is 0 Å². The zero-order valence-electron chi connectivity index (χ0n) is 9.50. The van der Waals surface area contributed by atoms with Crippen molar-refractivity contribution in [1.82, 2.24) is 0 Å². The lowest BCUT2D eigenvalue weighted by atomic mass is 9.83. The second-order valence-electron chi connectivity index (χ2n) is 4.52. The van der Waals surface area contributed by atoms with Crippen molar-refractivity contribution >= 4 is 0 Å². The highest BCUT2D eigenvalue weighted by Crippen LogP contribution is 2.28. The van der Waals surface area contributed by atoms with Crippen molar-refractivity contribution in [3.8, 4) is 0 Å². The molecule has 0 unspecified atom stereocenters. The first-order valence-electron chi connectivity index (χ1n) is 5.70. The van der Waals surface area contributed by atoms with Gasteiger partial charge in [-0.15, -0.1) is 0 Å². The Morgan fingerprint density at radius 1 is 1.21 bits per heavy atom. The Labute approximate surface area is 88.4 Å². The Kier molecular flexibility index (Phi) is 4.72. The third-order valence-electron chi connectivity index (χ3n) is 3.12. The molecule has 0 aliphatic heterocycles. The molecule has 1 aliphatic rings. The molecule has 0 aromatic rings. The van der Waals surface area contributed by atoms with Gasteiger partial charge >= 0.3 is 0 Å². The van der Waals surface area contributed by atoms with Crippen LogP contribution in [0.5, 0.6) is 0 Å². The maximum Gasteiger partial charge on any atom is -0.0230 e. The smallest absolute Gasteiger partial charge is 0.0230 e. The minimum atomic E-state index is 0.820. The summed E-state index contributed by atoms with van der Waals surface area (Å²) in [6.45, 7) is 8.18. The van der Waals surface area contributed by atoms with Gasteiger partial charge in [0.1, 0.15) is 0 Å². The van der Waals surface area contributed by atoms with E-state index >= 15 is 0 Å². The highest BCUT2D eigenvalue weighted by molar-refractivity contribution is 5.19. The van der Waals surface area contributed by atoms with E-state index in [4.69, 9.17) is 0 Å². The number of allylic oxidation sites excluding steroid dienone is 5. The van der Waals surface area contributed by atoms with E-state index in [1.54, 1.807) is 0 Å². The molecule has 1 aliphatic carbocycles. The summed E-state index contributed by atoms with van der Waals surface area (Å²) < 4.78 is 0. The van der Waals surface area contributed by atoms with Crippen LogP contribution in [0.1, 0.15) is 39.5 Å². The van der Waals surface area contributed by atoms with Gasteiger partial charge in [-0.2, -0.15) is 0 Å². The molecule has 0 heteroatoms. The molecule has 0 aromatic carbocycles. The van der Waals surface area contributed by atoms with Crippen LogP contribution in [0.3, 0.4) is 0 Å². The van der Waals surface area contributed by atoms with Crippen LogP contribution >= 0.6 is 0 Å². The van der Waals surface area contributed by atoms with Crippen molar-refractivity contribution in [3.63, 3.8) is 0 Å². The average Bonchev–Trinajstić information content (AvgIpc) is 2.21. The monoisotopic (exact) mass is 190 g/mol. The number of hydrogen-bond donors (Lipinski definition) is 0. The maximum absolute atomic E-state index is 3.73. The van der Waals surface area contributed by atoms with E-state index < -0.39 is 0 Å².